The number of aromatic hydroxyl groups is 4. The van der Waals surface area contributed by atoms with Gasteiger partial charge in [0.25, 0.3) is 11.8 Å². The summed E-state index contributed by atoms with van der Waals surface area (Å²) in [6.07, 6.45) is 10.3. The van der Waals surface area contributed by atoms with Crippen molar-refractivity contribution in [3.05, 3.63) is 58.7 Å². The van der Waals surface area contributed by atoms with Crippen molar-refractivity contribution in [1.29, 1.82) is 10.5 Å². The Morgan fingerprint density at radius 2 is 0.950 bits per heavy atom. The second kappa shape index (κ2) is 16.8. The highest BCUT2D eigenvalue weighted by Crippen LogP contribution is 2.26. The van der Waals surface area contributed by atoms with Gasteiger partial charge in [-0.1, -0.05) is 50.7 Å². The molecule has 40 heavy (non-hydrogen) atoms. The first-order valence-corrected chi connectivity index (χ1v) is 13.1. The number of rotatable bonds is 15. The lowest BCUT2D eigenvalue weighted by Crippen LogP contribution is -2.25. The molecule has 0 radical (unpaired) electrons. The van der Waals surface area contributed by atoms with E-state index in [1.54, 1.807) is 0 Å². The summed E-state index contributed by atoms with van der Waals surface area (Å²) in [7, 11) is 0. The highest BCUT2D eigenvalue weighted by atomic mass is 16.3. The van der Waals surface area contributed by atoms with Gasteiger partial charge in [-0.05, 0) is 60.4 Å². The smallest absolute Gasteiger partial charge is 0.261 e. The van der Waals surface area contributed by atoms with E-state index in [1.807, 2.05) is 12.1 Å². The van der Waals surface area contributed by atoms with E-state index in [0.29, 0.717) is 24.2 Å². The largest absolute Gasteiger partial charge is 0.504 e. The van der Waals surface area contributed by atoms with E-state index >= 15 is 0 Å². The van der Waals surface area contributed by atoms with Crippen LogP contribution in [-0.2, 0) is 9.59 Å². The Morgan fingerprint density at radius 1 is 0.600 bits per heavy atom. The van der Waals surface area contributed by atoms with Crippen LogP contribution in [0.5, 0.6) is 23.0 Å². The van der Waals surface area contributed by atoms with Crippen molar-refractivity contribution >= 4 is 24.0 Å². The first-order chi connectivity index (χ1) is 19.2. The number of nitriles is 2. The van der Waals surface area contributed by atoms with Gasteiger partial charge in [0, 0.05) is 13.1 Å². The third-order valence-electron chi connectivity index (χ3n) is 6.03. The molecule has 0 bridgehead atoms. The summed E-state index contributed by atoms with van der Waals surface area (Å²) in [5, 5.41) is 61.7. The fourth-order valence-electron chi connectivity index (χ4n) is 3.80. The summed E-state index contributed by atoms with van der Waals surface area (Å²) in [4.78, 5) is 24.4. The van der Waals surface area contributed by atoms with E-state index in [4.69, 9.17) is 0 Å². The van der Waals surface area contributed by atoms with Crippen molar-refractivity contribution < 1.29 is 30.0 Å². The van der Waals surface area contributed by atoms with Gasteiger partial charge in [-0.15, -0.1) is 0 Å². The lowest BCUT2D eigenvalue weighted by molar-refractivity contribution is -0.117. The fourth-order valence-corrected chi connectivity index (χ4v) is 3.80. The van der Waals surface area contributed by atoms with Gasteiger partial charge in [0.15, 0.2) is 23.0 Å². The maximum atomic E-state index is 12.2. The van der Waals surface area contributed by atoms with Crippen LogP contribution in [0.3, 0.4) is 0 Å². The number of hydrogen-bond donors (Lipinski definition) is 6. The maximum absolute atomic E-state index is 12.2. The highest BCUT2D eigenvalue weighted by molar-refractivity contribution is 6.02. The predicted molar refractivity (Wildman–Crippen MR) is 150 cm³/mol. The maximum Gasteiger partial charge on any atom is 0.261 e. The zero-order valence-corrected chi connectivity index (χ0v) is 22.2. The average Bonchev–Trinajstić information content (AvgIpc) is 2.94. The molecule has 0 aliphatic heterocycles. The molecule has 2 rings (SSSR count). The van der Waals surface area contributed by atoms with Gasteiger partial charge in [0.2, 0.25) is 0 Å². The van der Waals surface area contributed by atoms with Crippen molar-refractivity contribution in [3.8, 4) is 35.1 Å². The molecule has 10 nitrogen and oxygen atoms in total. The summed E-state index contributed by atoms with van der Waals surface area (Å²) in [5.41, 5.74) is 0.693. The number of nitrogens with one attached hydrogen (secondary N) is 2. The van der Waals surface area contributed by atoms with E-state index in [0.717, 1.165) is 51.4 Å². The minimum Gasteiger partial charge on any atom is -0.504 e. The number of nitrogens with zero attached hydrogens (tertiary/aromatic N) is 2. The normalized spacial score (nSPS) is 11.3. The third-order valence-corrected chi connectivity index (χ3v) is 6.03. The Labute approximate surface area is 233 Å². The van der Waals surface area contributed by atoms with Crippen molar-refractivity contribution in [2.75, 3.05) is 13.1 Å². The number of carbonyl (C=O) groups excluding carboxylic acids is 2. The van der Waals surface area contributed by atoms with Gasteiger partial charge in [-0.25, -0.2) is 0 Å². The van der Waals surface area contributed by atoms with Crippen LogP contribution in [-0.4, -0.2) is 45.3 Å². The van der Waals surface area contributed by atoms with Crippen LogP contribution in [0.1, 0.15) is 62.5 Å². The topological polar surface area (TPSA) is 187 Å². The standard InChI is InChI=1S/C30H34N4O6/c31-19-23(15-21-9-11-25(35)27(37)17-21)29(39)33-13-7-5-3-1-2-4-6-8-14-34-30(40)24(20-32)16-22-10-12-26(36)28(38)18-22/h9-12,15-18,35-38H,1-8,13-14H2,(H,33,39)(H,34,40)/b23-15+,24-16+. The molecule has 0 aromatic heterocycles. The number of benzene rings is 2. The van der Waals surface area contributed by atoms with Gasteiger partial charge in [0.1, 0.15) is 23.3 Å². The molecule has 0 spiro atoms. The van der Waals surface area contributed by atoms with E-state index < -0.39 is 11.8 Å². The van der Waals surface area contributed by atoms with Crippen molar-refractivity contribution in [1.82, 2.24) is 10.6 Å². The van der Waals surface area contributed by atoms with E-state index in [-0.39, 0.29) is 34.1 Å². The van der Waals surface area contributed by atoms with E-state index in [1.165, 1.54) is 48.6 Å². The predicted octanol–water partition coefficient (Wildman–Crippen LogP) is 4.38. The molecule has 0 aliphatic carbocycles. The van der Waals surface area contributed by atoms with Crippen LogP contribution in [0.15, 0.2) is 47.5 Å². The molecule has 0 aliphatic rings. The Bertz CT molecular complexity index is 1220. The van der Waals surface area contributed by atoms with Crippen LogP contribution >= 0.6 is 0 Å². The van der Waals surface area contributed by atoms with E-state index in [9.17, 15) is 40.5 Å². The molecule has 6 N–H and O–H groups in total. The van der Waals surface area contributed by atoms with Crippen molar-refractivity contribution in [2.45, 2.75) is 51.4 Å². The average molecular weight is 547 g/mol. The zero-order valence-electron chi connectivity index (χ0n) is 22.2. The van der Waals surface area contributed by atoms with E-state index in [2.05, 4.69) is 10.6 Å². The summed E-state index contributed by atoms with van der Waals surface area (Å²) in [6.45, 7) is 0.900. The highest BCUT2D eigenvalue weighted by Gasteiger charge is 2.10. The summed E-state index contributed by atoms with van der Waals surface area (Å²) < 4.78 is 0. The van der Waals surface area contributed by atoms with Crippen LogP contribution in [0.4, 0.5) is 0 Å². The number of amides is 2. The third kappa shape index (κ3) is 10.8. The molecule has 10 heteroatoms. The molecule has 0 saturated carbocycles. The summed E-state index contributed by atoms with van der Waals surface area (Å²) in [5.74, 6) is -2.19. The summed E-state index contributed by atoms with van der Waals surface area (Å²) >= 11 is 0. The molecule has 0 saturated heterocycles. The van der Waals surface area contributed by atoms with Crippen LogP contribution in [0, 0.1) is 22.7 Å². The molecule has 2 amide bonds. The minimum absolute atomic E-state index is 0.0845. The monoisotopic (exact) mass is 546 g/mol. The Balaban J connectivity index is 1.54. The SMILES string of the molecule is N#C/C(=C\c1ccc(O)c(O)c1)C(=O)NCCCCCCCCCCNC(=O)/C(C#N)=C/c1ccc(O)c(O)c1. The van der Waals surface area contributed by atoms with Gasteiger partial charge in [0.05, 0.1) is 0 Å². The second-order valence-electron chi connectivity index (χ2n) is 9.18. The molecule has 0 atom stereocenters. The van der Waals surface area contributed by atoms with Gasteiger partial charge in [-0.3, -0.25) is 9.59 Å². The molecule has 0 heterocycles. The zero-order chi connectivity index (χ0) is 29.3. The number of unbranched alkanes of at least 4 members (excludes halogenated alkanes) is 7. The lowest BCUT2D eigenvalue weighted by atomic mass is 10.1. The summed E-state index contributed by atoms with van der Waals surface area (Å²) in [6, 6.07) is 11.8. The van der Waals surface area contributed by atoms with Crippen LogP contribution in [0.25, 0.3) is 12.2 Å². The molecule has 2 aromatic carbocycles. The Kier molecular flexibility index (Phi) is 13.1. The quantitative estimate of drug-likeness (QED) is 0.0822. The van der Waals surface area contributed by atoms with Gasteiger partial charge >= 0.3 is 0 Å². The van der Waals surface area contributed by atoms with Crippen molar-refractivity contribution in [3.63, 3.8) is 0 Å². The molecular formula is C30H34N4O6. The Morgan fingerprint density at radius 3 is 1.27 bits per heavy atom. The first-order valence-electron chi connectivity index (χ1n) is 13.1. The second-order valence-corrected chi connectivity index (χ2v) is 9.18. The molecule has 2 aromatic rings. The van der Waals surface area contributed by atoms with Gasteiger partial charge < -0.3 is 31.1 Å². The number of carbonyl (C=O) groups is 2. The van der Waals surface area contributed by atoms with Crippen molar-refractivity contribution in [2.24, 2.45) is 0 Å². The van der Waals surface area contributed by atoms with Crippen LogP contribution < -0.4 is 10.6 Å². The minimum atomic E-state index is -0.487. The molecule has 210 valence electrons. The lowest BCUT2D eigenvalue weighted by Gasteiger charge is -2.06. The molecule has 0 unspecified atom stereocenters. The first kappa shape index (κ1) is 31.3. The molecule has 0 fully saturated rings. The number of phenols is 4. The number of phenolic OH excluding ortho intramolecular Hbond substituents is 4. The fraction of sp³-hybridized carbons (Fsp3) is 0.333. The van der Waals surface area contributed by atoms with Gasteiger partial charge in [-0.2, -0.15) is 10.5 Å². The van der Waals surface area contributed by atoms with Crippen LogP contribution in [0.2, 0.25) is 0 Å². The number of hydrogen-bond acceptors (Lipinski definition) is 8. The molecular weight excluding hydrogens is 512 g/mol. The Hall–Kier alpha value is -4.96.